The van der Waals surface area contributed by atoms with Crippen molar-refractivity contribution in [2.45, 2.75) is 32.7 Å². The number of oxazole rings is 1. The summed E-state index contributed by atoms with van der Waals surface area (Å²) in [6.07, 6.45) is 0.722. The molecule has 0 saturated carbocycles. The van der Waals surface area contributed by atoms with Crippen LogP contribution >= 0.6 is 0 Å². The number of carbonyl (C=O) groups excluding carboxylic acids is 1. The molecule has 2 rings (SSSR count). The van der Waals surface area contributed by atoms with E-state index in [1.54, 1.807) is 13.2 Å². The molecule has 0 radical (unpaired) electrons. The number of hydrogen-bond acceptors (Lipinski definition) is 4. The predicted molar refractivity (Wildman–Crippen MR) is 68.3 cm³/mol. The van der Waals surface area contributed by atoms with Gasteiger partial charge in [0.2, 0.25) is 5.91 Å². The summed E-state index contributed by atoms with van der Waals surface area (Å²) in [5.74, 6) is 0.102. The number of aromatic nitrogens is 1. The third-order valence-electron chi connectivity index (χ3n) is 3.36. The fraction of sp³-hybridized carbons (Fsp3) is 0.692. The Morgan fingerprint density at radius 3 is 3.10 bits per heavy atom. The lowest BCUT2D eigenvalue weighted by atomic mass is 9.97. The maximum Gasteiger partial charge on any atom is 0.255 e. The van der Waals surface area contributed by atoms with Crippen molar-refractivity contribution in [1.82, 2.24) is 15.2 Å². The van der Waals surface area contributed by atoms with Crippen LogP contribution in [0.5, 0.6) is 0 Å². The Balaban J connectivity index is 1.83. The van der Waals surface area contributed by atoms with E-state index in [4.69, 9.17) is 4.42 Å². The predicted octanol–water partition coefficient (Wildman–Crippen LogP) is 1.58. The van der Waals surface area contributed by atoms with E-state index in [2.05, 4.69) is 15.2 Å². The largest absolute Gasteiger partial charge is 0.449 e. The van der Waals surface area contributed by atoms with Gasteiger partial charge in [0.25, 0.3) is 6.43 Å². The molecule has 112 valence electrons. The van der Waals surface area contributed by atoms with Crippen LogP contribution < -0.4 is 5.32 Å². The van der Waals surface area contributed by atoms with Crippen molar-refractivity contribution in [2.24, 2.45) is 5.92 Å². The second kappa shape index (κ2) is 6.78. The molecule has 0 aromatic carbocycles. The van der Waals surface area contributed by atoms with Gasteiger partial charge in [-0.05, 0) is 19.4 Å². The van der Waals surface area contributed by atoms with Gasteiger partial charge in [0, 0.05) is 20.0 Å². The molecule has 20 heavy (non-hydrogen) atoms. The van der Waals surface area contributed by atoms with Crippen molar-refractivity contribution >= 4 is 5.91 Å². The summed E-state index contributed by atoms with van der Waals surface area (Å²) < 4.78 is 29.3. The summed E-state index contributed by atoms with van der Waals surface area (Å²) >= 11 is 0. The first-order chi connectivity index (χ1) is 9.54. The minimum atomic E-state index is -2.50. The summed E-state index contributed by atoms with van der Waals surface area (Å²) in [5, 5.41) is 2.29. The van der Waals surface area contributed by atoms with E-state index in [0.717, 1.165) is 25.1 Å². The van der Waals surface area contributed by atoms with Gasteiger partial charge in [0.1, 0.15) is 6.26 Å². The van der Waals surface area contributed by atoms with Gasteiger partial charge < -0.3 is 9.73 Å². The van der Waals surface area contributed by atoms with Crippen molar-refractivity contribution in [3.63, 3.8) is 0 Å². The highest BCUT2D eigenvalue weighted by Crippen LogP contribution is 2.18. The van der Waals surface area contributed by atoms with Crippen LogP contribution in [0.3, 0.4) is 0 Å². The molecule has 1 aromatic rings. The first-order valence-electron chi connectivity index (χ1n) is 6.74. The van der Waals surface area contributed by atoms with Crippen LogP contribution in [-0.2, 0) is 11.3 Å². The molecule has 1 amide bonds. The molecule has 1 aromatic heterocycles. The number of halogens is 2. The number of likely N-dealkylation sites (tertiary alicyclic amines) is 1. The lowest BCUT2D eigenvalue weighted by molar-refractivity contribution is -0.127. The number of rotatable bonds is 5. The van der Waals surface area contributed by atoms with E-state index in [0.29, 0.717) is 19.0 Å². The number of nitrogens with zero attached hydrogens (tertiary/aromatic N) is 2. The van der Waals surface area contributed by atoms with Gasteiger partial charge in [-0.25, -0.2) is 13.8 Å². The Morgan fingerprint density at radius 1 is 1.65 bits per heavy atom. The van der Waals surface area contributed by atoms with Crippen LogP contribution in [0.15, 0.2) is 10.7 Å². The van der Waals surface area contributed by atoms with E-state index in [1.807, 2.05) is 0 Å². The number of piperidine rings is 1. The zero-order chi connectivity index (χ0) is 14.5. The standard InChI is InChI=1S/C13H19F2N3O2/c1-9-17-11(8-20-9)7-18-4-2-3-10(6-18)13(19)16-5-12(14)15/h8,10,12H,2-7H2,1H3,(H,16,19). The quantitative estimate of drug-likeness (QED) is 0.893. The molecule has 1 aliphatic rings. The van der Waals surface area contributed by atoms with E-state index in [9.17, 15) is 13.6 Å². The van der Waals surface area contributed by atoms with E-state index in [-0.39, 0.29) is 11.8 Å². The van der Waals surface area contributed by atoms with Gasteiger partial charge in [-0.15, -0.1) is 0 Å². The highest BCUT2D eigenvalue weighted by molar-refractivity contribution is 5.78. The van der Waals surface area contributed by atoms with E-state index in [1.165, 1.54) is 0 Å². The molecule has 0 spiro atoms. The third kappa shape index (κ3) is 4.26. The number of amides is 1. The lowest BCUT2D eigenvalue weighted by Gasteiger charge is -2.31. The third-order valence-corrected chi connectivity index (χ3v) is 3.36. The van der Waals surface area contributed by atoms with Gasteiger partial charge in [0.15, 0.2) is 5.89 Å². The van der Waals surface area contributed by atoms with Crippen LogP contribution in [-0.4, -0.2) is 41.9 Å². The fourth-order valence-corrected chi connectivity index (χ4v) is 2.45. The van der Waals surface area contributed by atoms with Crippen molar-refractivity contribution < 1.29 is 18.0 Å². The molecule has 1 unspecified atom stereocenters. The van der Waals surface area contributed by atoms with Crippen molar-refractivity contribution in [3.8, 4) is 0 Å². The normalized spacial score (nSPS) is 20.3. The molecular formula is C13H19F2N3O2. The van der Waals surface area contributed by atoms with Gasteiger partial charge in [0.05, 0.1) is 18.2 Å². The van der Waals surface area contributed by atoms with Crippen LogP contribution in [0.1, 0.15) is 24.4 Å². The summed E-state index contributed by atoms with van der Waals surface area (Å²) in [7, 11) is 0. The topological polar surface area (TPSA) is 58.4 Å². The number of carbonyl (C=O) groups is 1. The SMILES string of the molecule is Cc1nc(CN2CCCC(C(=O)NCC(F)F)C2)co1. The highest BCUT2D eigenvalue weighted by Gasteiger charge is 2.26. The van der Waals surface area contributed by atoms with E-state index >= 15 is 0 Å². The van der Waals surface area contributed by atoms with Crippen LogP contribution in [0, 0.1) is 12.8 Å². The molecule has 2 heterocycles. The molecular weight excluding hydrogens is 268 g/mol. The zero-order valence-electron chi connectivity index (χ0n) is 11.4. The monoisotopic (exact) mass is 287 g/mol. The van der Waals surface area contributed by atoms with E-state index < -0.39 is 13.0 Å². The van der Waals surface area contributed by atoms with Crippen molar-refractivity contribution in [3.05, 3.63) is 17.8 Å². The lowest BCUT2D eigenvalue weighted by Crippen LogP contribution is -2.43. The summed E-state index contributed by atoms with van der Waals surface area (Å²) in [6, 6.07) is 0. The van der Waals surface area contributed by atoms with Crippen molar-refractivity contribution in [1.29, 1.82) is 0 Å². The Hall–Kier alpha value is -1.50. The number of aryl methyl sites for hydroxylation is 1. The molecule has 1 aliphatic heterocycles. The van der Waals surface area contributed by atoms with Gasteiger partial charge in [-0.3, -0.25) is 9.69 Å². The smallest absolute Gasteiger partial charge is 0.255 e. The number of hydrogen-bond donors (Lipinski definition) is 1. The van der Waals surface area contributed by atoms with Crippen molar-refractivity contribution in [2.75, 3.05) is 19.6 Å². The first-order valence-corrected chi connectivity index (χ1v) is 6.74. The van der Waals surface area contributed by atoms with Crippen LogP contribution in [0.2, 0.25) is 0 Å². The molecule has 5 nitrogen and oxygen atoms in total. The maximum atomic E-state index is 12.1. The first kappa shape index (κ1) is 14.9. The van der Waals surface area contributed by atoms with Crippen LogP contribution in [0.4, 0.5) is 8.78 Å². The Morgan fingerprint density at radius 2 is 2.45 bits per heavy atom. The molecule has 0 aliphatic carbocycles. The second-order valence-corrected chi connectivity index (χ2v) is 5.07. The second-order valence-electron chi connectivity index (χ2n) is 5.07. The van der Waals surface area contributed by atoms with Crippen LogP contribution in [0.25, 0.3) is 0 Å². The van der Waals surface area contributed by atoms with Gasteiger partial charge >= 0.3 is 0 Å². The average molecular weight is 287 g/mol. The fourth-order valence-electron chi connectivity index (χ4n) is 2.45. The summed E-state index contributed by atoms with van der Waals surface area (Å²) in [5.41, 5.74) is 0.830. The Labute approximate surface area is 116 Å². The zero-order valence-corrected chi connectivity index (χ0v) is 11.4. The summed E-state index contributed by atoms with van der Waals surface area (Å²) in [6.45, 7) is 3.28. The molecule has 7 heteroatoms. The highest BCUT2D eigenvalue weighted by atomic mass is 19.3. The minimum absolute atomic E-state index is 0.226. The minimum Gasteiger partial charge on any atom is -0.449 e. The molecule has 0 bridgehead atoms. The maximum absolute atomic E-state index is 12.1. The molecule has 1 saturated heterocycles. The van der Waals surface area contributed by atoms with Gasteiger partial charge in [-0.1, -0.05) is 0 Å². The molecule has 1 atom stereocenters. The van der Waals surface area contributed by atoms with Gasteiger partial charge in [-0.2, -0.15) is 0 Å². The Kier molecular flexibility index (Phi) is 5.05. The molecule has 1 N–H and O–H groups in total. The number of alkyl halides is 2. The Bertz CT molecular complexity index is 451. The molecule has 1 fully saturated rings. The average Bonchev–Trinajstić information content (AvgIpc) is 2.81. The number of nitrogens with one attached hydrogen (secondary N) is 1. The summed E-state index contributed by atoms with van der Waals surface area (Å²) in [4.78, 5) is 18.1.